The van der Waals surface area contributed by atoms with Gasteiger partial charge >= 0.3 is 0 Å². The first-order valence-electron chi connectivity index (χ1n) is 10.3. The predicted molar refractivity (Wildman–Crippen MR) is 123 cm³/mol. The summed E-state index contributed by atoms with van der Waals surface area (Å²) in [6.45, 7) is 9.65. The van der Waals surface area contributed by atoms with Gasteiger partial charge in [-0.1, -0.05) is 40.5 Å². The Morgan fingerprint density at radius 1 is 1.24 bits per heavy atom. The first-order chi connectivity index (χ1) is 13.9. The summed E-state index contributed by atoms with van der Waals surface area (Å²) in [5.41, 5.74) is 3.00. The molecule has 2 atom stereocenters. The van der Waals surface area contributed by atoms with Crippen molar-refractivity contribution in [1.82, 2.24) is 4.90 Å². The van der Waals surface area contributed by atoms with Crippen molar-refractivity contribution in [2.45, 2.75) is 43.3 Å². The van der Waals surface area contributed by atoms with Gasteiger partial charge in [-0.25, -0.2) is 0 Å². The van der Waals surface area contributed by atoms with Gasteiger partial charge in [-0.05, 0) is 69.0 Å². The second kappa shape index (κ2) is 8.44. The fourth-order valence-corrected chi connectivity index (χ4v) is 5.94. The number of hydrogen-bond acceptors (Lipinski definition) is 4. The lowest BCUT2D eigenvalue weighted by molar-refractivity contribution is 0.0786. The first kappa shape index (κ1) is 21.0. The maximum atomic E-state index is 13.9. The standard InChI is InChI=1S/C24H28BrNO2S/c1-16-6-8-19(9-7-16)29-24(14-26-10-4-5-17(2)13-26)15-28-22-11-18(3)21(25)12-20(22)23(24)27/h6-9,11-12,17H,4-5,10,13-15H2,1-3H3/t17-,24+/m0/s1. The van der Waals surface area contributed by atoms with Crippen LogP contribution in [0.5, 0.6) is 5.75 Å². The van der Waals surface area contributed by atoms with Crippen molar-refractivity contribution in [2.75, 3.05) is 26.2 Å². The molecule has 2 aliphatic heterocycles. The minimum Gasteiger partial charge on any atom is -0.491 e. The molecule has 1 saturated heterocycles. The minimum atomic E-state index is -0.631. The Bertz CT molecular complexity index is 914. The summed E-state index contributed by atoms with van der Waals surface area (Å²) in [4.78, 5) is 17.5. The highest BCUT2D eigenvalue weighted by Crippen LogP contribution is 2.43. The summed E-state index contributed by atoms with van der Waals surface area (Å²) in [5.74, 6) is 1.57. The van der Waals surface area contributed by atoms with Gasteiger partial charge in [-0.15, -0.1) is 11.8 Å². The summed E-state index contributed by atoms with van der Waals surface area (Å²) < 4.78 is 6.54. The van der Waals surface area contributed by atoms with Crippen LogP contribution in [0.1, 0.15) is 41.3 Å². The largest absolute Gasteiger partial charge is 0.491 e. The van der Waals surface area contributed by atoms with Gasteiger partial charge in [0.1, 0.15) is 17.1 Å². The zero-order valence-electron chi connectivity index (χ0n) is 17.3. The van der Waals surface area contributed by atoms with Crippen molar-refractivity contribution in [3.63, 3.8) is 0 Å². The normalized spacial score (nSPS) is 24.8. The molecular formula is C24H28BrNO2S. The first-order valence-corrected chi connectivity index (χ1v) is 11.9. The highest BCUT2D eigenvalue weighted by atomic mass is 79.9. The van der Waals surface area contributed by atoms with E-state index >= 15 is 0 Å². The molecule has 0 aliphatic carbocycles. The van der Waals surface area contributed by atoms with Crippen LogP contribution in [0.2, 0.25) is 0 Å². The van der Waals surface area contributed by atoms with E-state index in [0.29, 0.717) is 23.8 Å². The Labute approximate surface area is 186 Å². The van der Waals surface area contributed by atoms with Gasteiger partial charge in [0.2, 0.25) is 0 Å². The van der Waals surface area contributed by atoms with E-state index in [1.54, 1.807) is 11.8 Å². The number of piperidine rings is 1. The number of likely N-dealkylation sites (tertiary alicyclic amines) is 1. The molecule has 1 fully saturated rings. The number of Topliss-reactive ketones (excluding diaryl/α,β-unsaturated/α-hetero) is 1. The van der Waals surface area contributed by atoms with Gasteiger partial charge < -0.3 is 9.64 Å². The summed E-state index contributed by atoms with van der Waals surface area (Å²) in [7, 11) is 0. The van der Waals surface area contributed by atoms with Crippen molar-refractivity contribution < 1.29 is 9.53 Å². The summed E-state index contributed by atoms with van der Waals surface area (Å²) >= 11 is 5.26. The average molecular weight is 474 g/mol. The lowest BCUT2D eigenvalue weighted by Gasteiger charge is -2.41. The van der Waals surface area contributed by atoms with Crippen LogP contribution in [0.3, 0.4) is 0 Å². The average Bonchev–Trinajstić information content (AvgIpc) is 2.69. The molecule has 3 nitrogen and oxygen atoms in total. The fraction of sp³-hybridized carbons (Fsp3) is 0.458. The molecule has 29 heavy (non-hydrogen) atoms. The Morgan fingerprint density at radius 3 is 2.72 bits per heavy atom. The van der Waals surface area contributed by atoms with Crippen LogP contribution in [-0.4, -0.2) is 41.7 Å². The van der Waals surface area contributed by atoms with Crippen LogP contribution >= 0.6 is 27.7 Å². The SMILES string of the molecule is Cc1ccc(S[C@]2(CN3CCC[C@H](C)C3)COc3cc(C)c(Br)cc3C2=O)cc1. The summed E-state index contributed by atoms with van der Waals surface area (Å²) in [6.07, 6.45) is 2.47. The molecule has 0 aromatic heterocycles. The number of halogens is 1. The van der Waals surface area contributed by atoms with Crippen LogP contribution < -0.4 is 4.74 Å². The molecule has 2 aliphatic rings. The van der Waals surface area contributed by atoms with E-state index in [0.717, 1.165) is 34.6 Å². The van der Waals surface area contributed by atoms with E-state index in [9.17, 15) is 4.79 Å². The van der Waals surface area contributed by atoms with Crippen molar-refractivity contribution in [2.24, 2.45) is 5.92 Å². The van der Waals surface area contributed by atoms with Crippen molar-refractivity contribution >= 4 is 33.5 Å². The molecule has 0 N–H and O–H groups in total. The third-order valence-electron chi connectivity index (χ3n) is 5.93. The molecule has 0 bridgehead atoms. The van der Waals surface area contributed by atoms with E-state index in [4.69, 9.17) is 4.74 Å². The highest BCUT2D eigenvalue weighted by Gasteiger charge is 2.47. The van der Waals surface area contributed by atoms with Crippen LogP contribution in [-0.2, 0) is 0 Å². The Kier molecular flexibility index (Phi) is 6.10. The van der Waals surface area contributed by atoms with Crippen LogP contribution in [0, 0.1) is 19.8 Å². The van der Waals surface area contributed by atoms with E-state index in [1.807, 2.05) is 19.1 Å². The number of hydrogen-bond donors (Lipinski definition) is 0. The summed E-state index contributed by atoms with van der Waals surface area (Å²) in [5, 5.41) is 0. The molecule has 0 unspecified atom stereocenters. The number of carbonyl (C=O) groups excluding carboxylic acids is 1. The zero-order valence-corrected chi connectivity index (χ0v) is 19.7. The topological polar surface area (TPSA) is 29.5 Å². The molecule has 2 aromatic carbocycles. The van der Waals surface area contributed by atoms with Gasteiger partial charge in [0.05, 0.1) is 5.56 Å². The molecule has 0 saturated carbocycles. The van der Waals surface area contributed by atoms with Gasteiger partial charge in [0.15, 0.2) is 5.78 Å². The Balaban J connectivity index is 1.70. The lowest BCUT2D eigenvalue weighted by atomic mass is 9.91. The van der Waals surface area contributed by atoms with Crippen LogP contribution in [0.4, 0.5) is 0 Å². The third kappa shape index (κ3) is 4.42. The number of thioether (sulfide) groups is 1. The maximum Gasteiger partial charge on any atom is 0.187 e. The van der Waals surface area contributed by atoms with Gasteiger partial charge in [0.25, 0.3) is 0 Å². The Hall–Kier alpha value is -1.30. The third-order valence-corrected chi connectivity index (χ3v) is 8.12. The number of rotatable bonds is 4. The molecule has 0 amide bonds. The molecular weight excluding hydrogens is 446 g/mol. The monoisotopic (exact) mass is 473 g/mol. The van der Waals surface area contributed by atoms with Crippen molar-refractivity contribution in [3.05, 3.63) is 57.6 Å². The summed E-state index contributed by atoms with van der Waals surface area (Å²) in [6, 6.07) is 12.4. The fourth-order valence-electron chi connectivity index (χ4n) is 4.31. The predicted octanol–water partition coefficient (Wildman–Crippen LogP) is 5.90. The number of ether oxygens (including phenoxy) is 1. The van der Waals surface area contributed by atoms with Crippen molar-refractivity contribution in [3.8, 4) is 5.75 Å². The maximum absolute atomic E-state index is 13.9. The quantitative estimate of drug-likeness (QED) is 0.552. The molecule has 2 heterocycles. The number of fused-ring (bicyclic) bond motifs is 1. The van der Waals surface area contributed by atoms with Gasteiger partial charge in [0, 0.05) is 22.5 Å². The molecule has 4 rings (SSSR count). The number of benzene rings is 2. The minimum absolute atomic E-state index is 0.184. The van der Waals surface area contributed by atoms with Gasteiger partial charge in [-0.3, -0.25) is 4.79 Å². The second-order valence-electron chi connectivity index (χ2n) is 8.61. The molecule has 0 spiro atoms. The zero-order chi connectivity index (χ0) is 20.6. The van der Waals surface area contributed by atoms with E-state index in [2.05, 4.69) is 58.9 Å². The lowest BCUT2D eigenvalue weighted by Crippen LogP contribution is -2.54. The van der Waals surface area contributed by atoms with Crippen LogP contribution in [0.25, 0.3) is 0 Å². The van der Waals surface area contributed by atoms with Gasteiger partial charge in [-0.2, -0.15) is 0 Å². The number of nitrogens with zero attached hydrogens (tertiary/aromatic N) is 1. The molecule has 0 radical (unpaired) electrons. The Morgan fingerprint density at radius 2 is 2.00 bits per heavy atom. The molecule has 5 heteroatoms. The number of ketones is 1. The molecule has 2 aromatic rings. The smallest absolute Gasteiger partial charge is 0.187 e. The van der Waals surface area contributed by atoms with E-state index in [-0.39, 0.29) is 5.78 Å². The second-order valence-corrected chi connectivity index (χ2v) is 10.9. The number of aryl methyl sites for hydroxylation is 2. The molecule has 154 valence electrons. The van der Waals surface area contributed by atoms with Crippen LogP contribution in [0.15, 0.2) is 45.8 Å². The van der Waals surface area contributed by atoms with Crippen molar-refractivity contribution in [1.29, 1.82) is 0 Å². The van der Waals surface area contributed by atoms with E-state index in [1.165, 1.54) is 18.4 Å². The number of carbonyl (C=O) groups is 1. The van der Waals surface area contributed by atoms with E-state index < -0.39 is 4.75 Å². The highest BCUT2D eigenvalue weighted by molar-refractivity contribution is 9.10.